The lowest BCUT2D eigenvalue weighted by Crippen LogP contribution is -2.22. The van der Waals surface area contributed by atoms with Crippen molar-refractivity contribution in [3.05, 3.63) is 62.1 Å². The number of alkyl halides is 3. The smallest absolute Gasteiger partial charge is 0.417 e. The van der Waals surface area contributed by atoms with Crippen molar-refractivity contribution in [1.82, 2.24) is 4.98 Å². The van der Waals surface area contributed by atoms with Crippen molar-refractivity contribution in [2.75, 3.05) is 5.32 Å². The number of halogens is 3. The van der Waals surface area contributed by atoms with Gasteiger partial charge in [0.15, 0.2) is 0 Å². The lowest BCUT2D eigenvalue weighted by Gasteiger charge is -2.15. The molecule has 2 aromatic heterocycles. The second kappa shape index (κ2) is 6.30. The molecule has 6 nitrogen and oxygen atoms in total. The summed E-state index contributed by atoms with van der Waals surface area (Å²) < 4.78 is 40.1. The predicted molar refractivity (Wildman–Crippen MR) is 88.8 cm³/mol. The summed E-state index contributed by atoms with van der Waals surface area (Å²) in [5.41, 5.74) is -3.85. The number of nitrogens with one attached hydrogen (secondary N) is 2. The van der Waals surface area contributed by atoms with E-state index in [-0.39, 0.29) is 10.9 Å². The van der Waals surface area contributed by atoms with Crippen molar-refractivity contribution >= 4 is 39.8 Å². The van der Waals surface area contributed by atoms with E-state index in [0.717, 1.165) is 12.1 Å². The van der Waals surface area contributed by atoms with E-state index in [4.69, 9.17) is 5.11 Å². The number of thiophene rings is 1. The lowest BCUT2D eigenvalue weighted by molar-refractivity contribution is -0.137. The van der Waals surface area contributed by atoms with Gasteiger partial charge in [0.05, 0.1) is 22.3 Å². The lowest BCUT2D eigenvalue weighted by atomic mass is 10.0. The number of H-pyrrole nitrogens is 1. The van der Waals surface area contributed by atoms with Crippen LogP contribution < -0.4 is 10.9 Å². The van der Waals surface area contributed by atoms with Crippen molar-refractivity contribution in [3.8, 4) is 0 Å². The van der Waals surface area contributed by atoms with Gasteiger partial charge in [-0.05, 0) is 29.0 Å². The maximum Gasteiger partial charge on any atom is 0.417 e. The van der Waals surface area contributed by atoms with Gasteiger partial charge in [0.2, 0.25) is 0 Å². The number of carbonyl (C=O) groups excluding carboxylic acids is 1. The number of benzene rings is 1. The summed E-state index contributed by atoms with van der Waals surface area (Å²) in [6, 6.07) is 4.11. The van der Waals surface area contributed by atoms with Crippen molar-refractivity contribution in [3.63, 3.8) is 0 Å². The fraction of sp³-hybridized carbons (Fsp3) is 0.0625. The molecule has 26 heavy (non-hydrogen) atoms. The Morgan fingerprint density at radius 1 is 1.19 bits per heavy atom. The Bertz CT molecular complexity index is 1070. The van der Waals surface area contributed by atoms with Crippen LogP contribution in [0.5, 0.6) is 0 Å². The standard InChI is InChI=1S/C16H9F3N2O4S/c17-16(18,19)10-2-1-7-5-9(15(24)25)13(22)21-12(7)11(10)14(23)20-8-3-4-26-6-8/h1-6H,(H,20,23)(H,21,22)(H,24,25). The molecule has 3 rings (SSSR count). The van der Waals surface area contributed by atoms with Crippen LogP contribution in [0, 0.1) is 0 Å². The number of carboxylic acid groups (broad SMARTS) is 1. The summed E-state index contributed by atoms with van der Waals surface area (Å²) in [5.74, 6) is -2.60. The first kappa shape index (κ1) is 17.7. The van der Waals surface area contributed by atoms with Crippen molar-refractivity contribution in [2.24, 2.45) is 0 Å². The van der Waals surface area contributed by atoms with Gasteiger partial charge in [0, 0.05) is 5.38 Å². The summed E-state index contributed by atoms with van der Waals surface area (Å²) in [5, 5.41) is 14.5. The van der Waals surface area contributed by atoms with Crippen LogP contribution in [0.15, 0.2) is 39.8 Å². The van der Waals surface area contributed by atoms with Gasteiger partial charge >= 0.3 is 12.1 Å². The summed E-state index contributed by atoms with van der Waals surface area (Å²) in [6.45, 7) is 0. The Labute approximate surface area is 146 Å². The van der Waals surface area contributed by atoms with E-state index in [1.807, 2.05) is 0 Å². The quantitative estimate of drug-likeness (QED) is 0.645. The molecule has 0 saturated heterocycles. The Kier molecular flexibility index (Phi) is 4.28. The zero-order valence-electron chi connectivity index (χ0n) is 12.7. The fourth-order valence-electron chi connectivity index (χ4n) is 2.44. The van der Waals surface area contributed by atoms with Crippen molar-refractivity contribution in [2.45, 2.75) is 6.18 Å². The molecule has 2 heterocycles. The molecule has 0 saturated carbocycles. The second-order valence-electron chi connectivity index (χ2n) is 5.23. The van der Waals surface area contributed by atoms with Crippen LogP contribution in [0.1, 0.15) is 26.3 Å². The highest BCUT2D eigenvalue weighted by molar-refractivity contribution is 7.08. The van der Waals surface area contributed by atoms with Gasteiger partial charge in [-0.15, -0.1) is 0 Å². The van der Waals surface area contributed by atoms with Crippen molar-refractivity contribution < 1.29 is 27.9 Å². The topological polar surface area (TPSA) is 99.3 Å². The number of hydrogen-bond donors (Lipinski definition) is 3. The number of rotatable bonds is 3. The average Bonchev–Trinajstić information content (AvgIpc) is 3.04. The molecule has 0 radical (unpaired) electrons. The highest BCUT2D eigenvalue weighted by Crippen LogP contribution is 2.35. The van der Waals surface area contributed by atoms with E-state index in [1.165, 1.54) is 22.8 Å². The third-order valence-electron chi connectivity index (χ3n) is 3.56. The predicted octanol–water partition coefficient (Wildman–Crippen LogP) is 3.56. The van der Waals surface area contributed by atoms with E-state index in [0.29, 0.717) is 11.8 Å². The van der Waals surface area contributed by atoms with Crippen LogP contribution >= 0.6 is 11.3 Å². The fourth-order valence-corrected chi connectivity index (χ4v) is 3.02. The van der Waals surface area contributed by atoms with E-state index in [1.54, 1.807) is 5.38 Å². The number of fused-ring (bicyclic) bond motifs is 1. The summed E-state index contributed by atoms with van der Waals surface area (Å²) in [4.78, 5) is 37.5. The van der Waals surface area contributed by atoms with Gasteiger partial charge < -0.3 is 15.4 Å². The van der Waals surface area contributed by atoms with Crippen molar-refractivity contribution in [1.29, 1.82) is 0 Å². The van der Waals surface area contributed by atoms with Crippen LogP contribution in [0.4, 0.5) is 18.9 Å². The van der Waals surface area contributed by atoms with E-state index in [2.05, 4.69) is 10.3 Å². The zero-order chi connectivity index (χ0) is 19.1. The van der Waals surface area contributed by atoms with Crippen LogP contribution in [0.2, 0.25) is 0 Å². The second-order valence-corrected chi connectivity index (χ2v) is 6.01. The Hall–Kier alpha value is -3.14. The van der Waals surface area contributed by atoms with Gasteiger partial charge in [-0.2, -0.15) is 24.5 Å². The molecule has 1 amide bonds. The molecule has 0 aliphatic rings. The van der Waals surface area contributed by atoms with Gasteiger partial charge in [-0.25, -0.2) is 4.79 Å². The molecular formula is C16H9F3N2O4S. The third-order valence-corrected chi connectivity index (χ3v) is 4.25. The molecule has 134 valence electrons. The maximum absolute atomic E-state index is 13.4. The molecule has 0 bridgehead atoms. The molecule has 10 heteroatoms. The average molecular weight is 382 g/mol. The Balaban J connectivity index is 2.28. The van der Waals surface area contributed by atoms with Crippen LogP contribution in [-0.2, 0) is 6.18 Å². The van der Waals surface area contributed by atoms with Gasteiger partial charge in [-0.3, -0.25) is 9.59 Å². The number of amides is 1. The van der Waals surface area contributed by atoms with Crippen LogP contribution in [-0.4, -0.2) is 22.0 Å². The van der Waals surface area contributed by atoms with Gasteiger partial charge in [0.1, 0.15) is 5.56 Å². The number of aromatic nitrogens is 1. The maximum atomic E-state index is 13.4. The molecule has 0 aliphatic carbocycles. The van der Waals surface area contributed by atoms with Crippen LogP contribution in [0.3, 0.4) is 0 Å². The molecule has 1 aromatic carbocycles. The molecule has 0 atom stereocenters. The van der Waals surface area contributed by atoms with Gasteiger partial charge in [0.25, 0.3) is 11.5 Å². The number of aromatic carboxylic acids is 1. The Morgan fingerprint density at radius 2 is 1.92 bits per heavy atom. The monoisotopic (exact) mass is 382 g/mol. The molecule has 0 aliphatic heterocycles. The van der Waals surface area contributed by atoms with Crippen LogP contribution in [0.25, 0.3) is 10.9 Å². The highest BCUT2D eigenvalue weighted by atomic mass is 32.1. The summed E-state index contributed by atoms with van der Waals surface area (Å²) >= 11 is 1.24. The highest BCUT2D eigenvalue weighted by Gasteiger charge is 2.36. The first-order valence-corrected chi connectivity index (χ1v) is 7.97. The van der Waals surface area contributed by atoms with Gasteiger partial charge in [-0.1, -0.05) is 6.07 Å². The number of hydrogen-bond acceptors (Lipinski definition) is 4. The third kappa shape index (κ3) is 3.18. The first-order valence-electron chi connectivity index (χ1n) is 7.02. The largest absolute Gasteiger partial charge is 0.477 e. The summed E-state index contributed by atoms with van der Waals surface area (Å²) in [7, 11) is 0. The SMILES string of the molecule is O=C(O)c1cc2ccc(C(F)(F)F)c(C(=O)Nc3ccsc3)c2[nH]c1=O. The number of carbonyl (C=O) groups is 2. The van der Waals surface area contributed by atoms with E-state index >= 15 is 0 Å². The normalized spacial score (nSPS) is 11.5. The Morgan fingerprint density at radius 3 is 2.50 bits per heavy atom. The van der Waals surface area contributed by atoms with E-state index < -0.39 is 40.3 Å². The van der Waals surface area contributed by atoms with E-state index in [9.17, 15) is 27.6 Å². The summed E-state index contributed by atoms with van der Waals surface area (Å²) in [6.07, 6.45) is -4.85. The molecule has 0 unspecified atom stereocenters. The number of anilines is 1. The first-order chi connectivity index (χ1) is 12.2. The molecule has 0 spiro atoms. The number of pyridine rings is 1. The molecular weight excluding hydrogens is 373 g/mol. The zero-order valence-corrected chi connectivity index (χ0v) is 13.5. The number of carboxylic acids is 1. The minimum atomic E-state index is -4.85. The minimum absolute atomic E-state index is 0.00883. The molecule has 3 aromatic rings. The molecule has 3 N–H and O–H groups in total. The number of aromatic amines is 1. The molecule has 0 fully saturated rings. The minimum Gasteiger partial charge on any atom is -0.477 e.